The van der Waals surface area contributed by atoms with Crippen molar-refractivity contribution in [2.45, 2.75) is 6.42 Å². The van der Waals surface area contributed by atoms with Gasteiger partial charge in [-0.05, 0) is 30.0 Å². The van der Waals surface area contributed by atoms with Crippen molar-refractivity contribution in [1.82, 2.24) is 0 Å². The molecule has 56 valence electrons. The Morgan fingerprint density at radius 1 is 1.60 bits per heavy atom. The van der Waals surface area contributed by atoms with E-state index in [-0.39, 0.29) is 11.8 Å². The lowest BCUT2D eigenvalue weighted by Crippen LogP contribution is -1.89. The van der Waals surface area contributed by atoms with Crippen molar-refractivity contribution in [3.05, 3.63) is 12.2 Å². The minimum atomic E-state index is -1.73. The molecule has 4 heteroatoms. The van der Waals surface area contributed by atoms with E-state index < -0.39 is 11.3 Å². The lowest BCUT2D eigenvalue weighted by atomic mass is 10.3. The lowest BCUT2D eigenvalue weighted by Gasteiger charge is -1.82. The molecule has 0 N–H and O–H groups in total. The van der Waals surface area contributed by atoms with Crippen LogP contribution in [-0.2, 0) is 4.79 Å². The molecular formula is C6H5ClF2O. The summed E-state index contributed by atoms with van der Waals surface area (Å²) in [5.41, 5.74) is 0. The largest absolute Gasteiger partial charge is 0.281 e. The van der Waals surface area contributed by atoms with Crippen molar-refractivity contribution in [1.29, 1.82) is 0 Å². The van der Waals surface area contributed by atoms with Crippen LogP contribution >= 0.6 is 11.6 Å². The van der Waals surface area contributed by atoms with Gasteiger partial charge in [-0.25, -0.2) is 0 Å². The van der Waals surface area contributed by atoms with E-state index in [0.717, 1.165) is 6.08 Å². The van der Waals surface area contributed by atoms with Gasteiger partial charge in [0.25, 0.3) is 6.08 Å². The lowest BCUT2D eigenvalue weighted by molar-refractivity contribution is -0.112. The van der Waals surface area contributed by atoms with Crippen LogP contribution in [0.1, 0.15) is 6.42 Å². The number of hydrogen-bond acceptors (Lipinski definition) is 1. The maximum absolute atomic E-state index is 11.5. The van der Waals surface area contributed by atoms with Gasteiger partial charge < -0.3 is 0 Å². The second kappa shape index (κ2) is 2.66. The predicted octanol–water partition coefficient (Wildman–Crippen LogP) is 2.17. The highest BCUT2D eigenvalue weighted by atomic mass is 35.5. The van der Waals surface area contributed by atoms with E-state index >= 15 is 0 Å². The van der Waals surface area contributed by atoms with Crippen LogP contribution < -0.4 is 0 Å². The molecule has 0 aromatic heterocycles. The first-order valence-electron chi connectivity index (χ1n) is 2.83. The van der Waals surface area contributed by atoms with Crippen LogP contribution in [-0.4, -0.2) is 5.24 Å². The second-order valence-corrected chi connectivity index (χ2v) is 2.64. The summed E-state index contributed by atoms with van der Waals surface area (Å²) < 4.78 is 22.9. The third-order valence-corrected chi connectivity index (χ3v) is 1.75. The molecule has 0 heterocycles. The number of carbonyl (C=O) groups excluding carboxylic acids is 1. The summed E-state index contributed by atoms with van der Waals surface area (Å²) in [5, 5.41) is -0.512. The molecule has 0 aromatic carbocycles. The Bertz CT molecular complexity index is 186. The molecular weight excluding hydrogens is 162 g/mol. The monoisotopic (exact) mass is 166 g/mol. The summed E-state index contributed by atoms with van der Waals surface area (Å²) >= 11 is 5.04. The van der Waals surface area contributed by atoms with Crippen LogP contribution in [0, 0.1) is 11.8 Å². The summed E-state index contributed by atoms with van der Waals surface area (Å²) in [6.07, 6.45) is -0.477. The van der Waals surface area contributed by atoms with Gasteiger partial charge in [0.15, 0.2) is 0 Å². The minimum absolute atomic E-state index is 0.310. The fraction of sp³-hybridized carbons (Fsp3) is 0.500. The zero-order valence-corrected chi connectivity index (χ0v) is 5.74. The van der Waals surface area contributed by atoms with E-state index in [0.29, 0.717) is 6.42 Å². The Kier molecular flexibility index (Phi) is 2.04. The van der Waals surface area contributed by atoms with E-state index in [1.807, 2.05) is 0 Å². The maximum atomic E-state index is 11.5. The molecule has 1 saturated carbocycles. The van der Waals surface area contributed by atoms with E-state index in [9.17, 15) is 13.6 Å². The molecule has 1 nitrogen and oxygen atoms in total. The summed E-state index contributed by atoms with van der Waals surface area (Å²) in [4.78, 5) is 10.3. The molecule has 0 saturated heterocycles. The molecule has 1 fully saturated rings. The molecule has 0 bridgehead atoms. The molecule has 0 radical (unpaired) electrons. The zero-order chi connectivity index (χ0) is 7.72. The molecule has 2 atom stereocenters. The summed E-state index contributed by atoms with van der Waals surface area (Å²) in [7, 11) is 0. The number of halogens is 3. The number of rotatable bonds is 2. The van der Waals surface area contributed by atoms with Crippen LogP contribution in [0.4, 0.5) is 8.78 Å². The van der Waals surface area contributed by atoms with Crippen molar-refractivity contribution in [3.63, 3.8) is 0 Å². The van der Waals surface area contributed by atoms with Crippen molar-refractivity contribution in [2.75, 3.05) is 0 Å². The molecule has 0 spiro atoms. The third-order valence-electron chi connectivity index (χ3n) is 1.47. The molecule has 1 aliphatic rings. The van der Waals surface area contributed by atoms with Crippen LogP contribution in [0.5, 0.6) is 0 Å². The minimum Gasteiger partial charge on any atom is -0.281 e. The topological polar surface area (TPSA) is 17.1 Å². The first-order valence-corrected chi connectivity index (χ1v) is 3.21. The SMILES string of the molecule is O=C(Cl)C1CC1C=C(F)F. The molecule has 0 aliphatic heterocycles. The van der Waals surface area contributed by atoms with Gasteiger partial charge in [0.2, 0.25) is 5.24 Å². The average Bonchev–Trinajstić information content (AvgIpc) is 2.43. The molecule has 0 amide bonds. The van der Waals surface area contributed by atoms with Gasteiger partial charge in [0.05, 0.1) is 0 Å². The molecule has 10 heavy (non-hydrogen) atoms. The van der Waals surface area contributed by atoms with Crippen molar-refractivity contribution in [3.8, 4) is 0 Å². The van der Waals surface area contributed by atoms with E-state index in [1.54, 1.807) is 0 Å². The Labute approximate surface area is 61.7 Å². The van der Waals surface area contributed by atoms with Gasteiger partial charge in [0.1, 0.15) is 0 Å². The van der Waals surface area contributed by atoms with Crippen molar-refractivity contribution in [2.24, 2.45) is 11.8 Å². The highest BCUT2D eigenvalue weighted by molar-refractivity contribution is 6.64. The average molecular weight is 167 g/mol. The fourth-order valence-corrected chi connectivity index (χ4v) is 1.07. The van der Waals surface area contributed by atoms with Gasteiger partial charge in [-0.3, -0.25) is 4.79 Å². The van der Waals surface area contributed by atoms with Crippen LogP contribution in [0.15, 0.2) is 12.2 Å². The van der Waals surface area contributed by atoms with Gasteiger partial charge in [-0.1, -0.05) is 0 Å². The van der Waals surface area contributed by atoms with Crippen LogP contribution in [0.2, 0.25) is 0 Å². The smallest absolute Gasteiger partial charge is 0.266 e. The number of carbonyl (C=O) groups is 1. The first kappa shape index (κ1) is 7.66. The normalized spacial score (nSPS) is 29.5. The van der Waals surface area contributed by atoms with Gasteiger partial charge in [0, 0.05) is 5.92 Å². The first-order chi connectivity index (χ1) is 4.61. The summed E-state index contributed by atoms with van der Waals surface area (Å²) in [6, 6.07) is 0. The van der Waals surface area contributed by atoms with Crippen molar-refractivity contribution >= 4 is 16.8 Å². The molecule has 0 aromatic rings. The van der Waals surface area contributed by atoms with E-state index in [2.05, 4.69) is 0 Å². The second-order valence-electron chi connectivity index (χ2n) is 2.27. The molecule has 2 unspecified atom stereocenters. The predicted molar refractivity (Wildman–Crippen MR) is 32.8 cm³/mol. The number of allylic oxidation sites excluding steroid dienone is 1. The Morgan fingerprint density at radius 2 is 2.20 bits per heavy atom. The third kappa shape index (κ3) is 1.77. The summed E-state index contributed by atoms with van der Waals surface area (Å²) in [5.74, 6) is -0.668. The number of hydrogen-bond donors (Lipinski definition) is 0. The van der Waals surface area contributed by atoms with Crippen molar-refractivity contribution < 1.29 is 13.6 Å². The van der Waals surface area contributed by atoms with Gasteiger partial charge >= 0.3 is 0 Å². The maximum Gasteiger partial charge on any atom is 0.266 e. The van der Waals surface area contributed by atoms with Gasteiger partial charge in [-0.15, -0.1) is 0 Å². The van der Waals surface area contributed by atoms with Crippen LogP contribution in [0.3, 0.4) is 0 Å². The van der Waals surface area contributed by atoms with Gasteiger partial charge in [-0.2, -0.15) is 8.78 Å². The molecule has 1 aliphatic carbocycles. The zero-order valence-electron chi connectivity index (χ0n) is 4.98. The Balaban J connectivity index is 2.40. The molecule has 1 rings (SSSR count). The highest BCUT2D eigenvalue weighted by Crippen LogP contribution is 2.42. The standard InChI is InChI=1S/C6H5ClF2O/c7-6(10)4-1-3(4)2-5(8)9/h2-4H,1H2. The highest BCUT2D eigenvalue weighted by Gasteiger charge is 2.40. The fourth-order valence-electron chi connectivity index (χ4n) is 0.822. The quantitative estimate of drug-likeness (QED) is 0.575. The Hall–Kier alpha value is -0.440. The van der Waals surface area contributed by atoms with E-state index in [4.69, 9.17) is 11.6 Å². The van der Waals surface area contributed by atoms with Crippen LogP contribution in [0.25, 0.3) is 0 Å². The Morgan fingerprint density at radius 3 is 2.50 bits per heavy atom. The summed E-state index contributed by atoms with van der Waals surface area (Å²) in [6.45, 7) is 0. The van der Waals surface area contributed by atoms with E-state index in [1.165, 1.54) is 0 Å².